The van der Waals surface area contributed by atoms with Crippen LogP contribution in [0, 0.1) is 5.92 Å². The van der Waals surface area contributed by atoms with Crippen molar-refractivity contribution in [3.8, 4) is 0 Å². The van der Waals surface area contributed by atoms with Crippen molar-refractivity contribution in [3.05, 3.63) is 0 Å². The SMILES string of the molecule is CCCC(C)NCC(CC)CC(=O)O. The van der Waals surface area contributed by atoms with E-state index >= 15 is 0 Å². The highest BCUT2D eigenvalue weighted by molar-refractivity contribution is 5.67. The number of hydrogen-bond donors (Lipinski definition) is 2. The van der Waals surface area contributed by atoms with Crippen molar-refractivity contribution in [2.45, 2.75) is 52.5 Å². The average molecular weight is 201 g/mol. The van der Waals surface area contributed by atoms with Gasteiger partial charge in [-0.05, 0) is 25.8 Å². The molecule has 3 heteroatoms. The zero-order chi connectivity index (χ0) is 11.0. The van der Waals surface area contributed by atoms with Gasteiger partial charge < -0.3 is 10.4 Å². The summed E-state index contributed by atoms with van der Waals surface area (Å²) in [6, 6.07) is 0.503. The zero-order valence-corrected chi connectivity index (χ0v) is 9.55. The lowest BCUT2D eigenvalue weighted by atomic mass is 10.0. The highest BCUT2D eigenvalue weighted by Crippen LogP contribution is 2.07. The standard InChI is InChI=1S/C11H23NO2/c1-4-6-9(3)12-8-10(5-2)7-11(13)14/h9-10,12H,4-8H2,1-3H3,(H,13,14). The molecule has 0 aliphatic carbocycles. The number of hydrogen-bond acceptors (Lipinski definition) is 2. The van der Waals surface area contributed by atoms with Crippen LogP contribution in [0.4, 0.5) is 0 Å². The number of carboxylic acid groups (broad SMARTS) is 1. The van der Waals surface area contributed by atoms with E-state index in [-0.39, 0.29) is 12.3 Å². The molecule has 3 nitrogen and oxygen atoms in total. The molecule has 0 aliphatic heterocycles. The van der Waals surface area contributed by atoms with Gasteiger partial charge in [0.2, 0.25) is 0 Å². The minimum Gasteiger partial charge on any atom is -0.481 e. The summed E-state index contributed by atoms with van der Waals surface area (Å²) in [5, 5.41) is 12.0. The molecule has 0 aromatic carbocycles. The molecule has 0 bridgehead atoms. The van der Waals surface area contributed by atoms with Crippen molar-refractivity contribution in [2.24, 2.45) is 5.92 Å². The van der Waals surface area contributed by atoms with Gasteiger partial charge in [0.15, 0.2) is 0 Å². The maximum absolute atomic E-state index is 10.5. The monoisotopic (exact) mass is 201 g/mol. The van der Waals surface area contributed by atoms with Crippen LogP contribution >= 0.6 is 0 Å². The third-order valence-electron chi connectivity index (χ3n) is 2.52. The fourth-order valence-electron chi connectivity index (χ4n) is 1.51. The molecule has 0 saturated carbocycles. The number of nitrogens with one attached hydrogen (secondary N) is 1. The molecule has 0 spiro atoms. The lowest BCUT2D eigenvalue weighted by molar-refractivity contribution is -0.138. The molecular weight excluding hydrogens is 178 g/mol. The summed E-state index contributed by atoms with van der Waals surface area (Å²) in [6.45, 7) is 7.17. The Morgan fingerprint density at radius 2 is 2.07 bits per heavy atom. The lowest BCUT2D eigenvalue weighted by Crippen LogP contribution is -2.31. The van der Waals surface area contributed by atoms with Crippen LogP contribution in [0.15, 0.2) is 0 Å². The van der Waals surface area contributed by atoms with Gasteiger partial charge in [0, 0.05) is 12.5 Å². The summed E-state index contributed by atoms with van der Waals surface area (Å²) < 4.78 is 0. The number of rotatable bonds is 8. The topological polar surface area (TPSA) is 49.3 Å². The second-order valence-corrected chi connectivity index (χ2v) is 3.97. The number of carbonyl (C=O) groups is 1. The Balaban J connectivity index is 3.66. The van der Waals surface area contributed by atoms with Crippen LogP contribution in [-0.2, 0) is 4.79 Å². The van der Waals surface area contributed by atoms with Crippen LogP contribution < -0.4 is 5.32 Å². The maximum atomic E-state index is 10.5. The van der Waals surface area contributed by atoms with Crippen molar-refractivity contribution >= 4 is 5.97 Å². The summed E-state index contributed by atoms with van der Waals surface area (Å²) in [5.41, 5.74) is 0. The van der Waals surface area contributed by atoms with Crippen LogP contribution in [0.5, 0.6) is 0 Å². The molecule has 14 heavy (non-hydrogen) atoms. The van der Waals surface area contributed by atoms with Crippen molar-refractivity contribution < 1.29 is 9.90 Å². The van der Waals surface area contributed by atoms with Gasteiger partial charge in [0.1, 0.15) is 0 Å². The first-order valence-electron chi connectivity index (χ1n) is 5.55. The Kier molecular flexibility index (Phi) is 7.48. The normalized spacial score (nSPS) is 15.1. The largest absolute Gasteiger partial charge is 0.481 e. The minimum absolute atomic E-state index is 0.270. The molecule has 84 valence electrons. The Morgan fingerprint density at radius 3 is 2.50 bits per heavy atom. The van der Waals surface area contributed by atoms with Gasteiger partial charge in [0.25, 0.3) is 0 Å². The first-order chi connectivity index (χ1) is 6.60. The first kappa shape index (κ1) is 13.4. The van der Waals surface area contributed by atoms with Crippen LogP contribution in [-0.4, -0.2) is 23.7 Å². The third kappa shape index (κ3) is 6.89. The maximum Gasteiger partial charge on any atom is 0.303 e. The Labute approximate surface area is 86.9 Å². The highest BCUT2D eigenvalue weighted by atomic mass is 16.4. The third-order valence-corrected chi connectivity index (χ3v) is 2.52. The Hall–Kier alpha value is -0.570. The van der Waals surface area contributed by atoms with Gasteiger partial charge in [-0.25, -0.2) is 0 Å². The van der Waals surface area contributed by atoms with E-state index in [1.807, 2.05) is 6.92 Å². The van der Waals surface area contributed by atoms with Crippen LogP contribution in [0.1, 0.15) is 46.5 Å². The summed E-state index contributed by atoms with van der Waals surface area (Å²) in [4.78, 5) is 10.5. The van der Waals surface area contributed by atoms with Gasteiger partial charge in [-0.3, -0.25) is 4.79 Å². The van der Waals surface area contributed by atoms with Crippen molar-refractivity contribution in [3.63, 3.8) is 0 Å². The second-order valence-electron chi connectivity index (χ2n) is 3.97. The van der Waals surface area contributed by atoms with Crippen LogP contribution in [0.3, 0.4) is 0 Å². The molecule has 0 aromatic rings. The van der Waals surface area contributed by atoms with E-state index in [1.165, 1.54) is 6.42 Å². The molecule has 0 rings (SSSR count). The summed E-state index contributed by atoms with van der Waals surface area (Å²) >= 11 is 0. The van der Waals surface area contributed by atoms with E-state index in [9.17, 15) is 4.79 Å². The fraction of sp³-hybridized carbons (Fsp3) is 0.909. The van der Waals surface area contributed by atoms with E-state index in [1.54, 1.807) is 0 Å². The molecule has 0 aliphatic rings. The van der Waals surface area contributed by atoms with Crippen LogP contribution in [0.2, 0.25) is 0 Å². The second kappa shape index (κ2) is 7.80. The summed E-state index contributed by atoms with van der Waals surface area (Å²) in [7, 11) is 0. The van der Waals surface area contributed by atoms with Gasteiger partial charge in [-0.15, -0.1) is 0 Å². The van der Waals surface area contributed by atoms with Gasteiger partial charge in [0.05, 0.1) is 0 Å². The van der Waals surface area contributed by atoms with E-state index in [0.29, 0.717) is 6.04 Å². The molecule has 2 atom stereocenters. The highest BCUT2D eigenvalue weighted by Gasteiger charge is 2.11. The smallest absolute Gasteiger partial charge is 0.303 e. The van der Waals surface area contributed by atoms with Gasteiger partial charge >= 0.3 is 5.97 Å². The summed E-state index contributed by atoms with van der Waals surface area (Å²) in [5.74, 6) is -0.423. The average Bonchev–Trinajstić information content (AvgIpc) is 2.12. The van der Waals surface area contributed by atoms with Crippen molar-refractivity contribution in [2.75, 3.05) is 6.54 Å². The predicted octanol–water partition coefficient (Wildman–Crippen LogP) is 2.27. The molecule has 0 fully saturated rings. The lowest BCUT2D eigenvalue weighted by Gasteiger charge is -2.17. The van der Waals surface area contributed by atoms with Gasteiger partial charge in [-0.2, -0.15) is 0 Å². The zero-order valence-electron chi connectivity index (χ0n) is 9.55. The molecule has 0 radical (unpaired) electrons. The molecule has 2 N–H and O–H groups in total. The summed E-state index contributed by atoms with van der Waals surface area (Å²) in [6.07, 6.45) is 3.54. The van der Waals surface area contributed by atoms with Crippen molar-refractivity contribution in [1.29, 1.82) is 0 Å². The van der Waals surface area contributed by atoms with E-state index in [0.717, 1.165) is 19.4 Å². The Bertz CT molecular complexity index is 159. The van der Waals surface area contributed by atoms with E-state index in [4.69, 9.17) is 5.11 Å². The van der Waals surface area contributed by atoms with Gasteiger partial charge in [-0.1, -0.05) is 26.7 Å². The molecule has 2 unspecified atom stereocenters. The van der Waals surface area contributed by atoms with E-state index < -0.39 is 5.97 Å². The van der Waals surface area contributed by atoms with Crippen molar-refractivity contribution in [1.82, 2.24) is 5.32 Å². The first-order valence-corrected chi connectivity index (χ1v) is 5.55. The Morgan fingerprint density at radius 1 is 1.43 bits per heavy atom. The molecule has 0 heterocycles. The number of carboxylic acids is 1. The quantitative estimate of drug-likeness (QED) is 0.633. The fourth-order valence-corrected chi connectivity index (χ4v) is 1.51. The number of aliphatic carboxylic acids is 1. The molecule has 0 saturated heterocycles. The molecule has 0 amide bonds. The van der Waals surface area contributed by atoms with E-state index in [2.05, 4.69) is 19.2 Å². The van der Waals surface area contributed by atoms with Crippen LogP contribution in [0.25, 0.3) is 0 Å². The molecule has 0 aromatic heterocycles. The predicted molar refractivity (Wildman–Crippen MR) is 58.4 cm³/mol. The molecular formula is C11H23NO2. The minimum atomic E-state index is -0.693.